The molecule has 1 aliphatic heterocycles. The lowest BCUT2D eigenvalue weighted by atomic mass is 10.0. The van der Waals surface area contributed by atoms with E-state index in [1.54, 1.807) is 51.1 Å². The minimum Gasteiger partial charge on any atom is -0.444 e. The number of nitrogens with zero attached hydrogens (tertiary/aromatic N) is 6. The quantitative estimate of drug-likeness (QED) is 0.277. The Labute approximate surface area is 266 Å². The van der Waals surface area contributed by atoms with Gasteiger partial charge in [0.25, 0.3) is 5.56 Å². The summed E-state index contributed by atoms with van der Waals surface area (Å²) in [6.07, 6.45) is 1.12. The number of aromatic nitrogens is 5. The number of sulfonamides is 1. The summed E-state index contributed by atoms with van der Waals surface area (Å²) in [5.41, 5.74) is 0.582. The molecule has 2 atom stereocenters. The van der Waals surface area contributed by atoms with Crippen LogP contribution in [0.4, 0.5) is 21.0 Å². The van der Waals surface area contributed by atoms with Gasteiger partial charge in [0, 0.05) is 36.8 Å². The highest BCUT2D eigenvalue weighted by atomic mass is 32.2. The summed E-state index contributed by atoms with van der Waals surface area (Å²) in [6.45, 7) is 9.02. The van der Waals surface area contributed by atoms with Crippen molar-refractivity contribution in [2.45, 2.75) is 70.6 Å². The van der Waals surface area contributed by atoms with Gasteiger partial charge in [-0.3, -0.25) is 14.1 Å². The van der Waals surface area contributed by atoms with Gasteiger partial charge in [-0.15, -0.1) is 0 Å². The topological polar surface area (TPSA) is 161 Å². The molecule has 5 rings (SSSR count). The van der Waals surface area contributed by atoms with Crippen molar-refractivity contribution in [1.29, 1.82) is 0 Å². The van der Waals surface area contributed by atoms with Crippen molar-refractivity contribution in [1.82, 2.24) is 29.4 Å². The SMILES string of the molecule is CC(C)n1c(=O)c(-c2ccc(NS(=O)(=O)Cc3ccccc3)nc2)nc2cnc(N[C@H]3C[C@H](F)CN(C(=O)OC(C)(C)C)C3)nc21. The number of ether oxygens (including phenoxy) is 1. The van der Waals surface area contributed by atoms with E-state index in [0.29, 0.717) is 16.6 Å². The zero-order valence-electron chi connectivity index (χ0n) is 26.3. The number of carbonyl (C=O) groups excluding carboxylic acids is 1. The zero-order chi connectivity index (χ0) is 33.2. The molecule has 0 aliphatic carbocycles. The van der Waals surface area contributed by atoms with Crippen LogP contribution in [0.5, 0.6) is 0 Å². The molecule has 0 unspecified atom stereocenters. The molecule has 15 heteroatoms. The number of likely N-dealkylation sites (tertiary alicyclic amines) is 1. The Kier molecular flexibility index (Phi) is 9.24. The van der Waals surface area contributed by atoms with E-state index >= 15 is 0 Å². The van der Waals surface area contributed by atoms with Crippen molar-refractivity contribution in [2.24, 2.45) is 0 Å². The third-order valence-electron chi connectivity index (χ3n) is 7.03. The van der Waals surface area contributed by atoms with Gasteiger partial charge in [-0.2, -0.15) is 4.98 Å². The number of amides is 1. The molecule has 13 nitrogen and oxygen atoms in total. The zero-order valence-corrected chi connectivity index (χ0v) is 27.1. The van der Waals surface area contributed by atoms with E-state index in [9.17, 15) is 22.4 Å². The monoisotopic (exact) mass is 652 g/mol. The summed E-state index contributed by atoms with van der Waals surface area (Å²) >= 11 is 0. The van der Waals surface area contributed by atoms with Gasteiger partial charge >= 0.3 is 6.09 Å². The molecular weight excluding hydrogens is 615 g/mol. The lowest BCUT2D eigenvalue weighted by Gasteiger charge is -2.36. The molecule has 4 heterocycles. The number of hydrogen-bond acceptors (Lipinski definition) is 10. The summed E-state index contributed by atoms with van der Waals surface area (Å²) in [4.78, 5) is 45.3. The van der Waals surface area contributed by atoms with E-state index < -0.39 is 39.5 Å². The Hall–Kier alpha value is -4.66. The third-order valence-corrected chi connectivity index (χ3v) is 8.26. The Morgan fingerprint density at radius 2 is 1.80 bits per heavy atom. The van der Waals surface area contributed by atoms with Crippen molar-refractivity contribution in [3.8, 4) is 11.3 Å². The van der Waals surface area contributed by atoms with Crippen molar-refractivity contribution >= 4 is 39.0 Å². The Bertz CT molecular complexity index is 1880. The molecule has 2 N–H and O–H groups in total. The van der Waals surface area contributed by atoms with Crippen LogP contribution in [0.1, 0.15) is 52.6 Å². The molecular formula is C31H37FN8O5S. The van der Waals surface area contributed by atoms with Crippen LogP contribution in [0.3, 0.4) is 0 Å². The first-order valence-electron chi connectivity index (χ1n) is 14.9. The number of carbonyl (C=O) groups is 1. The van der Waals surface area contributed by atoms with Crippen molar-refractivity contribution in [3.63, 3.8) is 0 Å². The molecule has 1 aliphatic rings. The average Bonchev–Trinajstić information content (AvgIpc) is 2.96. The predicted octanol–water partition coefficient (Wildman–Crippen LogP) is 4.53. The molecule has 46 heavy (non-hydrogen) atoms. The van der Waals surface area contributed by atoms with E-state index in [1.807, 2.05) is 19.9 Å². The molecule has 1 saturated heterocycles. The van der Waals surface area contributed by atoms with E-state index in [1.165, 1.54) is 27.9 Å². The minimum atomic E-state index is -3.72. The molecule has 1 amide bonds. The maximum atomic E-state index is 14.6. The van der Waals surface area contributed by atoms with Gasteiger partial charge in [0.1, 0.15) is 28.8 Å². The van der Waals surface area contributed by atoms with E-state index in [2.05, 4.69) is 30.0 Å². The molecule has 0 saturated carbocycles. The maximum Gasteiger partial charge on any atom is 0.410 e. The van der Waals surface area contributed by atoms with Gasteiger partial charge in [-0.1, -0.05) is 30.3 Å². The van der Waals surface area contributed by atoms with Crippen LogP contribution >= 0.6 is 0 Å². The normalized spacial score (nSPS) is 17.2. The van der Waals surface area contributed by atoms with Crippen LogP contribution in [-0.4, -0.2) is 74.8 Å². The first-order valence-corrected chi connectivity index (χ1v) is 16.5. The van der Waals surface area contributed by atoms with Crippen LogP contribution in [0, 0.1) is 0 Å². The Morgan fingerprint density at radius 3 is 2.46 bits per heavy atom. The van der Waals surface area contributed by atoms with E-state index in [4.69, 9.17) is 4.74 Å². The number of anilines is 2. The molecule has 3 aromatic heterocycles. The number of halogens is 1. The lowest BCUT2D eigenvalue weighted by Crippen LogP contribution is -2.51. The number of benzene rings is 1. The summed E-state index contributed by atoms with van der Waals surface area (Å²) in [6, 6.07) is 11.0. The number of piperidine rings is 1. The average molecular weight is 653 g/mol. The first kappa shape index (κ1) is 32.7. The molecule has 244 valence electrons. The number of rotatable bonds is 8. The Morgan fingerprint density at radius 1 is 1.07 bits per heavy atom. The number of alkyl halides is 1. The van der Waals surface area contributed by atoms with Crippen molar-refractivity contribution in [3.05, 3.63) is 70.8 Å². The Balaban J connectivity index is 1.37. The standard InChI is InChI=1S/C31H37FN8O5S/c1-19(2)40-27-24(15-34-29(37-27)35-23-13-22(32)16-39(17-23)30(42)45-31(3,4)5)36-26(28(40)41)21-11-12-25(33-14-21)38-46(43,44)18-20-9-7-6-8-10-20/h6-12,14-15,19,22-23H,13,16-18H2,1-5H3,(H,33,38)(H,34,35,37)/t22-,23-/m0/s1. The van der Waals surface area contributed by atoms with Crippen LogP contribution in [0.15, 0.2) is 59.7 Å². The van der Waals surface area contributed by atoms with Gasteiger partial charge < -0.3 is 15.0 Å². The number of fused-ring (bicyclic) bond motifs is 1. The van der Waals surface area contributed by atoms with E-state index in [0.717, 1.165) is 0 Å². The number of nitrogens with one attached hydrogen (secondary N) is 2. The number of hydrogen-bond donors (Lipinski definition) is 2. The molecule has 0 radical (unpaired) electrons. The molecule has 0 bridgehead atoms. The lowest BCUT2D eigenvalue weighted by molar-refractivity contribution is 0.0124. The van der Waals surface area contributed by atoms with Gasteiger partial charge in [0.05, 0.1) is 18.5 Å². The summed E-state index contributed by atoms with van der Waals surface area (Å²) in [7, 11) is -3.72. The largest absolute Gasteiger partial charge is 0.444 e. The van der Waals surface area contributed by atoms with Crippen molar-refractivity contribution < 1.29 is 22.3 Å². The van der Waals surface area contributed by atoms with Crippen molar-refractivity contribution in [2.75, 3.05) is 23.1 Å². The third kappa shape index (κ3) is 7.94. The molecule has 4 aromatic rings. The van der Waals surface area contributed by atoms with Gasteiger partial charge in [-0.05, 0) is 52.3 Å². The second-order valence-corrected chi connectivity index (χ2v) is 14.2. The van der Waals surface area contributed by atoms with Crippen LogP contribution in [-0.2, 0) is 20.5 Å². The summed E-state index contributed by atoms with van der Waals surface area (Å²) in [5.74, 6) is 0.0522. The maximum absolute atomic E-state index is 14.6. The second kappa shape index (κ2) is 13.0. The van der Waals surface area contributed by atoms with Crippen LogP contribution in [0.2, 0.25) is 0 Å². The second-order valence-electron chi connectivity index (χ2n) is 12.5. The molecule has 0 spiro atoms. The minimum absolute atomic E-state index is 0.0688. The summed E-state index contributed by atoms with van der Waals surface area (Å²) < 4.78 is 49.2. The fourth-order valence-corrected chi connectivity index (χ4v) is 6.26. The summed E-state index contributed by atoms with van der Waals surface area (Å²) in [5, 5.41) is 3.10. The smallest absolute Gasteiger partial charge is 0.410 e. The van der Waals surface area contributed by atoms with Crippen LogP contribution in [0.25, 0.3) is 22.4 Å². The van der Waals surface area contributed by atoms with Gasteiger partial charge in [0.2, 0.25) is 16.0 Å². The van der Waals surface area contributed by atoms with E-state index in [-0.39, 0.29) is 54.4 Å². The van der Waals surface area contributed by atoms with Crippen LogP contribution < -0.4 is 15.6 Å². The van der Waals surface area contributed by atoms with Gasteiger partial charge in [-0.25, -0.2) is 32.6 Å². The highest BCUT2D eigenvalue weighted by Gasteiger charge is 2.33. The highest BCUT2D eigenvalue weighted by Crippen LogP contribution is 2.23. The first-order chi connectivity index (χ1) is 21.7. The number of pyridine rings is 1. The predicted molar refractivity (Wildman–Crippen MR) is 173 cm³/mol. The molecule has 1 fully saturated rings. The fraction of sp³-hybridized carbons (Fsp3) is 0.419. The van der Waals surface area contributed by atoms with Gasteiger partial charge in [0.15, 0.2) is 5.65 Å². The highest BCUT2D eigenvalue weighted by molar-refractivity contribution is 7.91. The fourth-order valence-electron chi connectivity index (χ4n) is 5.12. The molecule has 1 aromatic carbocycles.